The molecule has 6 heteroatoms. The van der Waals surface area contributed by atoms with E-state index in [9.17, 15) is 14.0 Å². The van der Waals surface area contributed by atoms with Gasteiger partial charge in [0.15, 0.2) is 19.0 Å². The van der Waals surface area contributed by atoms with E-state index in [1.807, 2.05) is 0 Å². The van der Waals surface area contributed by atoms with Gasteiger partial charge in [-0.3, -0.25) is 9.59 Å². The summed E-state index contributed by atoms with van der Waals surface area (Å²) in [5, 5.41) is 2.66. The fourth-order valence-corrected chi connectivity index (χ4v) is 2.02. The van der Waals surface area contributed by atoms with E-state index in [4.69, 9.17) is 9.47 Å². The average Bonchev–Trinajstić information content (AvgIpc) is 2.53. The van der Waals surface area contributed by atoms with Crippen molar-refractivity contribution in [2.24, 2.45) is 0 Å². The Balaban J connectivity index is 1.66. The zero-order valence-electron chi connectivity index (χ0n) is 11.5. The summed E-state index contributed by atoms with van der Waals surface area (Å²) in [6, 6.07) is 10.1. The van der Waals surface area contributed by atoms with E-state index in [1.165, 1.54) is 24.3 Å². The summed E-state index contributed by atoms with van der Waals surface area (Å²) in [5.74, 6) is 0.0739. The predicted molar refractivity (Wildman–Crippen MR) is 76.8 cm³/mol. The molecule has 1 aliphatic heterocycles. The molecule has 0 unspecified atom stereocenters. The van der Waals surface area contributed by atoms with Gasteiger partial charge >= 0.3 is 0 Å². The Morgan fingerprint density at radius 1 is 1.23 bits per heavy atom. The van der Waals surface area contributed by atoms with Crippen molar-refractivity contribution < 1.29 is 23.5 Å². The average molecular weight is 301 g/mol. The molecule has 0 fully saturated rings. The lowest BCUT2D eigenvalue weighted by Gasteiger charge is -2.18. The number of fused-ring (bicyclic) bond motifs is 1. The largest absolute Gasteiger partial charge is 0.485 e. The van der Waals surface area contributed by atoms with Crippen LogP contribution in [0.1, 0.15) is 10.4 Å². The third-order valence-corrected chi connectivity index (χ3v) is 3.12. The fraction of sp³-hybridized carbons (Fsp3) is 0.125. The van der Waals surface area contributed by atoms with Crippen molar-refractivity contribution >= 4 is 17.4 Å². The second kappa shape index (κ2) is 5.85. The zero-order chi connectivity index (χ0) is 15.5. The molecule has 1 amide bonds. The highest BCUT2D eigenvalue weighted by Gasteiger charge is 2.16. The van der Waals surface area contributed by atoms with Crippen LogP contribution in [0.15, 0.2) is 42.5 Å². The Morgan fingerprint density at radius 3 is 2.77 bits per heavy atom. The molecule has 0 bridgehead atoms. The lowest BCUT2D eigenvalue weighted by Crippen LogP contribution is -2.25. The Bertz CT molecular complexity index is 727. The van der Waals surface area contributed by atoms with Gasteiger partial charge in [0.05, 0.1) is 5.69 Å². The third kappa shape index (κ3) is 3.06. The number of hydrogen-bond acceptors (Lipinski definition) is 4. The molecule has 3 rings (SSSR count). The summed E-state index contributed by atoms with van der Waals surface area (Å²) in [6.07, 6.45) is 0. The lowest BCUT2D eigenvalue weighted by atomic mass is 10.1. The molecule has 2 aromatic rings. The van der Waals surface area contributed by atoms with Crippen LogP contribution in [0, 0.1) is 5.82 Å². The number of amides is 1. The van der Waals surface area contributed by atoms with E-state index >= 15 is 0 Å². The Labute approximate surface area is 125 Å². The molecule has 0 saturated carbocycles. The van der Waals surface area contributed by atoms with Gasteiger partial charge < -0.3 is 14.8 Å². The molecule has 0 saturated heterocycles. The normalized spacial score (nSPS) is 12.9. The topological polar surface area (TPSA) is 64.6 Å². The van der Waals surface area contributed by atoms with E-state index in [0.29, 0.717) is 22.7 Å². The van der Waals surface area contributed by atoms with Gasteiger partial charge in [-0.05, 0) is 36.4 Å². The number of ether oxygens (including phenoxy) is 2. The van der Waals surface area contributed by atoms with Gasteiger partial charge in [0.1, 0.15) is 17.3 Å². The summed E-state index contributed by atoms with van der Waals surface area (Å²) >= 11 is 0. The molecule has 0 aromatic heterocycles. The first-order valence-electron chi connectivity index (χ1n) is 6.60. The van der Waals surface area contributed by atoms with Gasteiger partial charge in [-0.1, -0.05) is 0 Å². The van der Waals surface area contributed by atoms with E-state index in [-0.39, 0.29) is 24.9 Å². The van der Waals surface area contributed by atoms with Crippen LogP contribution >= 0.6 is 0 Å². The zero-order valence-corrected chi connectivity index (χ0v) is 11.5. The number of hydrogen-bond donors (Lipinski definition) is 1. The van der Waals surface area contributed by atoms with Crippen LogP contribution in [0.5, 0.6) is 11.5 Å². The highest BCUT2D eigenvalue weighted by atomic mass is 19.1. The minimum Gasteiger partial charge on any atom is -0.485 e. The first kappa shape index (κ1) is 14.1. The van der Waals surface area contributed by atoms with Crippen molar-refractivity contribution in [3.05, 3.63) is 53.8 Å². The first-order chi connectivity index (χ1) is 10.6. The van der Waals surface area contributed by atoms with Crippen molar-refractivity contribution in [3.8, 4) is 11.5 Å². The monoisotopic (exact) mass is 301 g/mol. The number of carbonyl (C=O) groups is 2. The summed E-state index contributed by atoms with van der Waals surface area (Å²) in [4.78, 5) is 23.2. The van der Waals surface area contributed by atoms with Crippen molar-refractivity contribution in [3.63, 3.8) is 0 Å². The molecule has 112 valence electrons. The quantitative estimate of drug-likeness (QED) is 0.881. The van der Waals surface area contributed by atoms with Gasteiger partial charge in [0.2, 0.25) is 0 Å². The van der Waals surface area contributed by atoms with E-state index in [1.54, 1.807) is 18.2 Å². The Morgan fingerprint density at radius 2 is 2.00 bits per heavy atom. The Hall–Kier alpha value is -2.89. The molecular weight excluding hydrogens is 289 g/mol. The number of carbonyl (C=O) groups excluding carboxylic acids is 2. The van der Waals surface area contributed by atoms with Gasteiger partial charge in [-0.2, -0.15) is 0 Å². The highest BCUT2D eigenvalue weighted by molar-refractivity contribution is 5.97. The van der Waals surface area contributed by atoms with Crippen molar-refractivity contribution in [1.82, 2.24) is 0 Å². The summed E-state index contributed by atoms with van der Waals surface area (Å²) in [7, 11) is 0. The van der Waals surface area contributed by atoms with Crippen LogP contribution in [-0.2, 0) is 4.79 Å². The minimum atomic E-state index is -0.400. The second-order valence-electron chi connectivity index (χ2n) is 4.71. The summed E-state index contributed by atoms with van der Waals surface area (Å²) < 4.78 is 23.4. The number of halogens is 1. The number of anilines is 1. The molecule has 2 aromatic carbocycles. The molecule has 5 nitrogen and oxygen atoms in total. The van der Waals surface area contributed by atoms with Crippen molar-refractivity contribution in [1.29, 1.82) is 0 Å². The smallest absolute Gasteiger partial charge is 0.262 e. The van der Waals surface area contributed by atoms with Crippen LogP contribution in [0.2, 0.25) is 0 Å². The van der Waals surface area contributed by atoms with Gasteiger partial charge in [0, 0.05) is 11.6 Å². The van der Waals surface area contributed by atoms with Crippen LogP contribution in [0.3, 0.4) is 0 Å². The molecule has 1 aliphatic rings. The molecule has 1 heterocycles. The number of nitrogens with one attached hydrogen (secondary N) is 1. The second-order valence-corrected chi connectivity index (χ2v) is 4.71. The predicted octanol–water partition coefficient (Wildman–Crippen LogP) is 2.42. The van der Waals surface area contributed by atoms with Gasteiger partial charge in [-0.25, -0.2) is 4.39 Å². The van der Waals surface area contributed by atoms with Crippen LogP contribution in [0.25, 0.3) is 0 Å². The molecule has 0 atom stereocenters. The number of benzene rings is 2. The molecular formula is C16H12FNO4. The maximum atomic E-state index is 12.8. The molecule has 1 N–H and O–H groups in total. The Kier molecular flexibility index (Phi) is 3.74. The highest BCUT2D eigenvalue weighted by Crippen LogP contribution is 2.31. The van der Waals surface area contributed by atoms with Gasteiger partial charge in [-0.15, -0.1) is 0 Å². The molecule has 22 heavy (non-hydrogen) atoms. The summed E-state index contributed by atoms with van der Waals surface area (Å²) in [5.41, 5.74) is 0.874. The fourth-order valence-electron chi connectivity index (χ4n) is 2.02. The summed E-state index contributed by atoms with van der Waals surface area (Å²) in [6.45, 7) is -0.199. The maximum absolute atomic E-state index is 12.8. The van der Waals surface area contributed by atoms with Gasteiger partial charge in [0.25, 0.3) is 5.91 Å². The minimum absolute atomic E-state index is 0.0176. The van der Waals surface area contributed by atoms with E-state index in [0.717, 1.165) is 0 Å². The van der Waals surface area contributed by atoms with E-state index < -0.39 is 5.82 Å². The van der Waals surface area contributed by atoms with Crippen LogP contribution in [-0.4, -0.2) is 24.9 Å². The first-order valence-corrected chi connectivity index (χ1v) is 6.60. The molecule has 0 aliphatic carbocycles. The number of Topliss-reactive ketones (excluding diaryl/α,β-unsaturated/α-hetero) is 1. The van der Waals surface area contributed by atoms with E-state index in [2.05, 4.69) is 5.32 Å². The van der Waals surface area contributed by atoms with Crippen LogP contribution in [0.4, 0.5) is 10.1 Å². The molecule has 0 spiro atoms. The third-order valence-electron chi connectivity index (χ3n) is 3.12. The lowest BCUT2D eigenvalue weighted by molar-refractivity contribution is -0.118. The SMILES string of the molecule is O=C1COc2ccc(OCC(=O)c3ccc(F)cc3)cc2N1. The maximum Gasteiger partial charge on any atom is 0.262 e. The van der Waals surface area contributed by atoms with Crippen molar-refractivity contribution in [2.45, 2.75) is 0 Å². The molecule has 0 radical (unpaired) electrons. The van der Waals surface area contributed by atoms with Crippen LogP contribution < -0.4 is 14.8 Å². The standard InChI is InChI=1S/C16H12FNO4/c17-11-3-1-10(2-4-11)14(19)8-21-12-5-6-15-13(7-12)18-16(20)9-22-15/h1-7H,8-9H2,(H,18,20). The number of rotatable bonds is 4. The number of ketones is 1. The van der Waals surface area contributed by atoms with Crippen molar-refractivity contribution in [2.75, 3.05) is 18.5 Å².